The van der Waals surface area contributed by atoms with Gasteiger partial charge in [-0.2, -0.15) is 0 Å². The molecule has 27 heavy (non-hydrogen) atoms. The van der Waals surface area contributed by atoms with Crippen molar-refractivity contribution in [3.8, 4) is 0 Å². The van der Waals surface area contributed by atoms with Crippen molar-refractivity contribution in [3.05, 3.63) is 59.9 Å². The van der Waals surface area contributed by atoms with Crippen molar-refractivity contribution in [2.45, 2.75) is 44.3 Å². The molecule has 0 spiro atoms. The summed E-state index contributed by atoms with van der Waals surface area (Å²) in [6, 6.07) is 16.3. The Hall–Kier alpha value is -2.01. The quantitative estimate of drug-likeness (QED) is 0.774. The molecule has 4 heterocycles. The fourth-order valence-corrected chi connectivity index (χ4v) is 5.90. The summed E-state index contributed by atoms with van der Waals surface area (Å²) >= 11 is 1.91. The predicted molar refractivity (Wildman–Crippen MR) is 113 cm³/mol. The van der Waals surface area contributed by atoms with E-state index in [9.17, 15) is 0 Å². The highest BCUT2D eigenvalue weighted by atomic mass is 32.2. The highest BCUT2D eigenvalue weighted by Crippen LogP contribution is 2.48. The lowest BCUT2D eigenvalue weighted by atomic mass is 9.95. The second-order valence-corrected chi connectivity index (χ2v) is 8.61. The van der Waals surface area contributed by atoms with Crippen LogP contribution in [0.15, 0.2) is 53.7 Å². The lowest BCUT2D eigenvalue weighted by Crippen LogP contribution is -2.35. The number of rotatable bonds is 4. The average Bonchev–Trinajstić information content (AvgIpc) is 3.45. The number of pyridine rings is 1. The summed E-state index contributed by atoms with van der Waals surface area (Å²) in [5.74, 6) is 1.15. The van der Waals surface area contributed by atoms with Gasteiger partial charge >= 0.3 is 0 Å². The van der Waals surface area contributed by atoms with Gasteiger partial charge < -0.3 is 9.80 Å². The number of fused-ring (bicyclic) bond motifs is 1. The molecule has 1 aromatic carbocycles. The Bertz CT molecular complexity index is 814. The first kappa shape index (κ1) is 17.1. The van der Waals surface area contributed by atoms with E-state index in [1.165, 1.54) is 42.3 Å². The first-order chi connectivity index (χ1) is 13.3. The maximum atomic E-state index is 5.11. The second-order valence-electron chi connectivity index (χ2n) is 7.62. The Kier molecular flexibility index (Phi) is 4.56. The molecule has 2 fully saturated rings. The van der Waals surface area contributed by atoms with Crippen LogP contribution < -0.4 is 4.90 Å². The summed E-state index contributed by atoms with van der Waals surface area (Å²) in [6.07, 6.45) is 5.67. The molecule has 1 aromatic heterocycles. The van der Waals surface area contributed by atoms with Gasteiger partial charge in [0.15, 0.2) is 5.17 Å². The van der Waals surface area contributed by atoms with Gasteiger partial charge in [-0.3, -0.25) is 9.98 Å². The van der Waals surface area contributed by atoms with Crippen LogP contribution in [0.3, 0.4) is 0 Å². The molecule has 0 radical (unpaired) electrons. The van der Waals surface area contributed by atoms with Crippen molar-refractivity contribution >= 4 is 22.6 Å². The third-order valence-electron chi connectivity index (χ3n) is 6.04. The molecule has 2 aromatic rings. The van der Waals surface area contributed by atoms with Crippen LogP contribution in [0.4, 0.5) is 5.69 Å². The summed E-state index contributed by atoms with van der Waals surface area (Å²) in [4.78, 5) is 14.8. The topological polar surface area (TPSA) is 31.7 Å². The minimum absolute atomic E-state index is 0.0840. The predicted octanol–water partition coefficient (Wildman–Crippen LogP) is 4.66. The molecule has 4 nitrogen and oxygen atoms in total. The minimum Gasteiger partial charge on any atom is -0.372 e. The van der Waals surface area contributed by atoms with Crippen molar-refractivity contribution < 1.29 is 0 Å². The molecular formula is C22H26N4S. The molecule has 5 rings (SSSR count). The first-order valence-electron chi connectivity index (χ1n) is 10.1. The number of thioether (sulfide) groups is 1. The molecule has 0 saturated carbocycles. The molecule has 140 valence electrons. The van der Waals surface area contributed by atoms with Gasteiger partial charge in [-0.1, -0.05) is 36.9 Å². The molecule has 0 N–H and O–H groups in total. The summed E-state index contributed by atoms with van der Waals surface area (Å²) in [6.45, 7) is 4.66. The van der Waals surface area contributed by atoms with Crippen LogP contribution in [-0.4, -0.2) is 39.9 Å². The summed E-state index contributed by atoms with van der Waals surface area (Å²) in [7, 11) is 0. The zero-order valence-corrected chi connectivity index (χ0v) is 16.6. The molecular weight excluding hydrogens is 352 g/mol. The largest absolute Gasteiger partial charge is 0.372 e. The maximum absolute atomic E-state index is 5.11. The Morgan fingerprint density at radius 3 is 2.59 bits per heavy atom. The molecule has 0 amide bonds. The van der Waals surface area contributed by atoms with Crippen molar-refractivity contribution in [3.63, 3.8) is 0 Å². The van der Waals surface area contributed by atoms with E-state index < -0.39 is 0 Å². The van der Waals surface area contributed by atoms with Crippen LogP contribution in [-0.2, 0) is 0 Å². The van der Waals surface area contributed by atoms with Gasteiger partial charge in [-0.05, 0) is 49.1 Å². The molecule has 3 aliphatic rings. The van der Waals surface area contributed by atoms with E-state index in [0.29, 0.717) is 6.04 Å². The number of aliphatic imine (C=N–C) groups is 1. The fraction of sp³-hybridized carbons (Fsp3) is 0.455. The summed E-state index contributed by atoms with van der Waals surface area (Å²) in [5.41, 5.74) is 3.78. The molecule has 0 bridgehead atoms. The van der Waals surface area contributed by atoms with Crippen LogP contribution in [0.1, 0.15) is 49.5 Å². The third-order valence-corrected chi connectivity index (χ3v) is 7.16. The number of benzene rings is 1. The van der Waals surface area contributed by atoms with Gasteiger partial charge in [0.1, 0.15) is 6.04 Å². The molecule has 3 aliphatic heterocycles. The SMILES string of the molecule is CC[C@@H]1CSC2=N[C@@H](c3ccccn3)[C@H](c3ccc(N4CCCC4)cc3)N21. The van der Waals surface area contributed by atoms with Crippen LogP contribution in [0.5, 0.6) is 0 Å². The highest BCUT2D eigenvalue weighted by Gasteiger charge is 2.45. The monoisotopic (exact) mass is 378 g/mol. The van der Waals surface area contributed by atoms with Crippen molar-refractivity contribution in [2.24, 2.45) is 4.99 Å². The molecule has 0 unspecified atom stereocenters. The Morgan fingerprint density at radius 1 is 1.07 bits per heavy atom. The number of amidine groups is 1. The minimum atomic E-state index is 0.0840. The Morgan fingerprint density at radius 2 is 1.89 bits per heavy atom. The van der Waals surface area contributed by atoms with Crippen LogP contribution in [0.25, 0.3) is 0 Å². The van der Waals surface area contributed by atoms with Crippen LogP contribution >= 0.6 is 11.8 Å². The van der Waals surface area contributed by atoms with Gasteiger partial charge in [0.2, 0.25) is 0 Å². The van der Waals surface area contributed by atoms with Crippen LogP contribution in [0, 0.1) is 0 Å². The number of nitrogens with zero attached hydrogens (tertiary/aromatic N) is 4. The van der Waals surface area contributed by atoms with E-state index in [0.717, 1.165) is 17.9 Å². The van der Waals surface area contributed by atoms with E-state index >= 15 is 0 Å². The van der Waals surface area contributed by atoms with E-state index in [2.05, 4.69) is 58.1 Å². The van der Waals surface area contributed by atoms with Crippen molar-refractivity contribution in [1.82, 2.24) is 9.88 Å². The lowest BCUT2D eigenvalue weighted by molar-refractivity contribution is 0.255. The van der Waals surface area contributed by atoms with E-state index in [1.807, 2.05) is 24.0 Å². The molecule has 0 aliphatic carbocycles. The third kappa shape index (κ3) is 3.02. The van der Waals surface area contributed by atoms with E-state index in [1.54, 1.807) is 0 Å². The number of hydrogen-bond acceptors (Lipinski definition) is 5. The lowest BCUT2D eigenvalue weighted by Gasteiger charge is -2.32. The highest BCUT2D eigenvalue weighted by molar-refractivity contribution is 8.14. The summed E-state index contributed by atoms with van der Waals surface area (Å²) in [5, 5.41) is 1.20. The molecule has 3 atom stereocenters. The van der Waals surface area contributed by atoms with Gasteiger partial charge in [0.25, 0.3) is 0 Å². The van der Waals surface area contributed by atoms with Crippen molar-refractivity contribution in [2.75, 3.05) is 23.7 Å². The number of aromatic nitrogens is 1. The Labute approximate surface area is 165 Å². The standard InChI is InChI=1S/C22H26N4S/c1-2-17-15-27-22-24-20(19-7-3-4-12-23-19)21(26(17)22)16-8-10-18(11-9-16)25-13-5-6-14-25/h3-4,7-12,17,20-21H,2,5-6,13-15H2,1H3/t17-,20+,21+/m1/s1. The zero-order chi connectivity index (χ0) is 18.2. The fourth-order valence-electron chi connectivity index (χ4n) is 4.57. The van der Waals surface area contributed by atoms with E-state index in [-0.39, 0.29) is 12.1 Å². The number of hydrogen-bond donors (Lipinski definition) is 0. The normalized spacial score (nSPS) is 27.1. The van der Waals surface area contributed by atoms with Gasteiger partial charge in [0.05, 0.1) is 11.7 Å². The van der Waals surface area contributed by atoms with E-state index in [4.69, 9.17) is 4.99 Å². The molecule has 5 heteroatoms. The number of anilines is 1. The van der Waals surface area contributed by atoms with Crippen LogP contribution in [0.2, 0.25) is 0 Å². The zero-order valence-electron chi connectivity index (χ0n) is 15.8. The smallest absolute Gasteiger partial charge is 0.160 e. The Balaban J connectivity index is 1.50. The van der Waals surface area contributed by atoms with Gasteiger partial charge in [-0.25, -0.2) is 0 Å². The first-order valence-corrected chi connectivity index (χ1v) is 11.1. The summed E-state index contributed by atoms with van der Waals surface area (Å²) < 4.78 is 0. The van der Waals surface area contributed by atoms with Gasteiger partial charge in [-0.15, -0.1) is 0 Å². The van der Waals surface area contributed by atoms with Gasteiger partial charge in [0, 0.05) is 36.8 Å². The van der Waals surface area contributed by atoms with Crippen molar-refractivity contribution in [1.29, 1.82) is 0 Å². The maximum Gasteiger partial charge on any atom is 0.160 e. The second kappa shape index (κ2) is 7.19. The molecule has 2 saturated heterocycles. The average molecular weight is 379 g/mol.